The molecule has 3 N–H and O–H groups in total. The number of halogens is 2. The van der Waals surface area contributed by atoms with Crippen molar-refractivity contribution in [3.63, 3.8) is 0 Å². The summed E-state index contributed by atoms with van der Waals surface area (Å²) in [5, 5.41) is 8.35. The molecule has 1 saturated heterocycles. The average molecular weight is 421 g/mol. The summed E-state index contributed by atoms with van der Waals surface area (Å²) in [5.41, 5.74) is 3.49. The normalized spacial score (nSPS) is 16.6. The van der Waals surface area contributed by atoms with Crippen LogP contribution in [0, 0.1) is 19.7 Å². The first kappa shape index (κ1) is 22.8. The predicted molar refractivity (Wildman–Crippen MR) is 114 cm³/mol. The average Bonchev–Trinajstić information content (AvgIpc) is 2.64. The first-order valence-electron chi connectivity index (χ1n) is 9.30. The van der Waals surface area contributed by atoms with Crippen molar-refractivity contribution in [2.75, 3.05) is 31.5 Å². The number of nitrogens with zero attached hydrogens (tertiary/aromatic N) is 1. The lowest BCUT2D eigenvalue weighted by molar-refractivity contribution is -0.121. The third-order valence-corrected chi connectivity index (χ3v) is 4.82. The lowest BCUT2D eigenvalue weighted by atomic mass is 10.0. The summed E-state index contributed by atoms with van der Waals surface area (Å²) in [6, 6.07) is 11.4. The maximum atomic E-state index is 13.6. The Bertz CT molecular complexity index is 878. The number of urea groups is 1. The van der Waals surface area contributed by atoms with E-state index in [1.54, 1.807) is 6.07 Å². The SMILES string of the molecule is Cc1ccc(NC(=O)NC(=O)CN2CCNCC2c2cccc(F)c2)c(C)c1.Cl. The van der Waals surface area contributed by atoms with Crippen LogP contribution in [0.25, 0.3) is 0 Å². The molecule has 2 aromatic carbocycles. The quantitative estimate of drug-likeness (QED) is 0.710. The summed E-state index contributed by atoms with van der Waals surface area (Å²) in [5.74, 6) is -0.703. The molecule has 156 valence electrons. The largest absolute Gasteiger partial charge is 0.325 e. The summed E-state index contributed by atoms with van der Waals surface area (Å²) in [6.45, 7) is 5.91. The number of imide groups is 1. The van der Waals surface area contributed by atoms with Crippen LogP contribution in [0.5, 0.6) is 0 Å². The molecule has 0 aromatic heterocycles. The monoisotopic (exact) mass is 420 g/mol. The van der Waals surface area contributed by atoms with Crippen molar-refractivity contribution in [3.8, 4) is 0 Å². The van der Waals surface area contributed by atoms with Gasteiger partial charge in [-0.1, -0.05) is 29.8 Å². The first-order valence-corrected chi connectivity index (χ1v) is 9.30. The maximum absolute atomic E-state index is 13.6. The summed E-state index contributed by atoms with van der Waals surface area (Å²) in [4.78, 5) is 26.5. The van der Waals surface area contributed by atoms with Crippen LogP contribution in [0.15, 0.2) is 42.5 Å². The molecule has 0 spiro atoms. The second-order valence-corrected chi connectivity index (χ2v) is 7.07. The third kappa shape index (κ3) is 6.25. The third-order valence-electron chi connectivity index (χ3n) is 4.82. The molecule has 0 radical (unpaired) electrons. The highest BCUT2D eigenvalue weighted by Gasteiger charge is 2.26. The molecule has 1 fully saturated rings. The predicted octanol–water partition coefficient (Wildman–Crippen LogP) is 3.16. The molecule has 1 atom stereocenters. The molecule has 0 aliphatic carbocycles. The van der Waals surface area contributed by atoms with Crippen LogP contribution in [-0.4, -0.2) is 43.0 Å². The van der Waals surface area contributed by atoms with Gasteiger partial charge < -0.3 is 10.6 Å². The number of amides is 3. The van der Waals surface area contributed by atoms with E-state index in [9.17, 15) is 14.0 Å². The van der Waals surface area contributed by atoms with Crippen molar-refractivity contribution in [3.05, 3.63) is 65.0 Å². The second-order valence-electron chi connectivity index (χ2n) is 7.07. The van der Waals surface area contributed by atoms with Gasteiger partial charge in [0.25, 0.3) is 0 Å². The molecular weight excluding hydrogens is 395 g/mol. The van der Waals surface area contributed by atoms with E-state index in [1.165, 1.54) is 12.1 Å². The van der Waals surface area contributed by atoms with Gasteiger partial charge in [-0.25, -0.2) is 9.18 Å². The van der Waals surface area contributed by atoms with E-state index >= 15 is 0 Å². The molecule has 3 rings (SSSR count). The van der Waals surface area contributed by atoms with E-state index in [2.05, 4.69) is 16.0 Å². The van der Waals surface area contributed by atoms with Crippen molar-refractivity contribution >= 4 is 30.0 Å². The molecule has 8 heteroatoms. The number of benzene rings is 2. The van der Waals surface area contributed by atoms with Gasteiger partial charge in [-0.2, -0.15) is 0 Å². The number of anilines is 1. The van der Waals surface area contributed by atoms with E-state index in [0.29, 0.717) is 18.8 Å². The van der Waals surface area contributed by atoms with Crippen LogP contribution >= 0.6 is 12.4 Å². The van der Waals surface area contributed by atoms with Crippen LogP contribution < -0.4 is 16.0 Å². The van der Waals surface area contributed by atoms with Crippen molar-refractivity contribution < 1.29 is 14.0 Å². The Morgan fingerprint density at radius 2 is 2.00 bits per heavy atom. The van der Waals surface area contributed by atoms with Gasteiger partial charge in [-0.3, -0.25) is 15.0 Å². The zero-order valence-corrected chi connectivity index (χ0v) is 17.3. The Morgan fingerprint density at radius 3 is 2.72 bits per heavy atom. The zero-order valence-electron chi connectivity index (χ0n) is 16.5. The van der Waals surface area contributed by atoms with Gasteiger partial charge in [0.15, 0.2) is 0 Å². The Balaban J connectivity index is 0.00000300. The minimum Gasteiger partial charge on any atom is -0.314 e. The Hall–Kier alpha value is -2.48. The van der Waals surface area contributed by atoms with Crippen molar-refractivity contribution in [1.82, 2.24) is 15.5 Å². The lowest BCUT2D eigenvalue weighted by Gasteiger charge is -2.35. The molecular formula is C21H26ClFN4O2. The molecule has 29 heavy (non-hydrogen) atoms. The van der Waals surface area contributed by atoms with E-state index in [4.69, 9.17) is 0 Å². The summed E-state index contributed by atoms with van der Waals surface area (Å²) < 4.78 is 13.6. The van der Waals surface area contributed by atoms with E-state index in [-0.39, 0.29) is 30.8 Å². The summed E-state index contributed by atoms with van der Waals surface area (Å²) in [7, 11) is 0. The number of nitrogens with one attached hydrogen (secondary N) is 3. The highest BCUT2D eigenvalue weighted by Crippen LogP contribution is 2.22. The van der Waals surface area contributed by atoms with Crippen LogP contribution in [-0.2, 0) is 4.79 Å². The fourth-order valence-electron chi connectivity index (χ4n) is 3.44. The van der Waals surface area contributed by atoms with Crippen LogP contribution in [0.2, 0.25) is 0 Å². The minimum absolute atomic E-state index is 0. The number of hydrogen-bond donors (Lipinski definition) is 3. The molecule has 3 amide bonds. The number of carbonyl (C=O) groups excluding carboxylic acids is 2. The van der Waals surface area contributed by atoms with Crippen LogP contribution in [0.3, 0.4) is 0 Å². The Labute approximate surface area is 176 Å². The Kier molecular flexibility index (Phi) is 8.13. The second kappa shape index (κ2) is 10.3. The zero-order chi connectivity index (χ0) is 20.1. The standard InChI is InChI=1S/C21H25FN4O2.ClH/c1-14-6-7-18(15(2)10-14)24-21(28)25-20(27)13-26-9-8-23-12-19(26)16-4-3-5-17(22)11-16;/h3-7,10-11,19,23H,8-9,12-13H2,1-2H3,(H2,24,25,27,28);1H. The topological polar surface area (TPSA) is 73.5 Å². The highest BCUT2D eigenvalue weighted by molar-refractivity contribution is 6.02. The molecule has 1 aliphatic heterocycles. The molecule has 1 heterocycles. The van der Waals surface area contributed by atoms with E-state index in [1.807, 2.05) is 43.0 Å². The summed E-state index contributed by atoms with van der Waals surface area (Å²) >= 11 is 0. The van der Waals surface area contributed by atoms with Gasteiger partial charge in [0.05, 0.1) is 6.54 Å². The Morgan fingerprint density at radius 1 is 1.21 bits per heavy atom. The van der Waals surface area contributed by atoms with Gasteiger partial charge in [0.2, 0.25) is 5.91 Å². The molecule has 1 unspecified atom stereocenters. The molecule has 6 nitrogen and oxygen atoms in total. The lowest BCUT2D eigenvalue weighted by Crippen LogP contribution is -2.50. The highest BCUT2D eigenvalue weighted by atomic mass is 35.5. The minimum atomic E-state index is -0.561. The molecule has 0 saturated carbocycles. The van der Waals surface area contributed by atoms with Crippen molar-refractivity contribution in [2.24, 2.45) is 0 Å². The smallest absolute Gasteiger partial charge is 0.314 e. The van der Waals surface area contributed by atoms with Gasteiger partial charge in [-0.15, -0.1) is 12.4 Å². The van der Waals surface area contributed by atoms with Gasteiger partial charge in [0, 0.05) is 31.4 Å². The number of hydrogen-bond acceptors (Lipinski definition) is 4. The maximum Gasteiger partial charge on any atom is 0.325 e. The molecule has 0 bridgehead atoms. The van der Waals surface area contributed by atoms with Gasteiger partial charge in [-0.05, 0) is 43.2 Å². The van der Waals surface area contributed by atoms with Gasteiger partial charge in [0.1, 0.15) is 5.82 Å². The van der Waals surface area contributed by atoms with Crippen LogP contribution in [0.1, 0.15) is 22.7 Å². The molecule has 2 aromatic rings. The first-order chi connectivity index (χ1) is 13.4. The summed E-state index contributed by atoms with van der Waals surface area (Å²) in [6.07, 6.45) is 0. The van der Waals surface area contributed by atoms with Crippen LogP contribution in [0.4, 0.5) is 14.9 Å². The molecule has 1 aliphatic rings. The fraction of sp³-hybridized carbons (Fsp3) is 0.333. The van der Waals surface area contributed by atoms with Crippen molar-refractivity contribution in [2.45, 2.75) is 19.9 Å². The fourth-order valence-corrected chi connectivity index (χ4v) is 3.44. The number of aryl methyl sites for hydroxylation is 2. The van der Waals surface area contributed by atoms with Gasteiger partial charge >= 0.3 is 6.03 Å². The van der Waals surface area contributed by atoms with E-state index in [0.717, 1.165) is 23.2 Å². The number of rotatable bonds is 4. The van der Waals surface area contributed by atoms with E-state index < -0.39 is 11.9 Å². The van der Waals surface area contributed by atoms with Crippen molar-refractivity contribution in [1.29, 1.82) is 0 Å². The number of carbonyl (C=O) groups is 2. The number of piperazine rings is 1.